The fourth-order valence-corrected chi connectivity index (χ4v) is 3.21. The number of hydrogen-bond donors (Lipinski definition) is 1. The van der Waals surface area contributed by atoms with Gasteiger partial charge in [-0.2, -0.15) is 0 Å². The summed E-state index contributed by atoms with van der Waals surface area (Å²) >= 11 is 0. The summed E-state index contributed by atoms with van der Waals surface area (Å²) in [5, 5.41) is 2.98. The summed E-state index contributed by atoms with van der Waals surface area (Å²) in [4.78, 5) is 18.9. The van der Waals surface area contributed by atoms with Crippen molar-refractivity contribution in [2.24, 2.45) is 5.92 Å². The van der Waals surface area contributed by atoms with Gasteiger partial charge in [0.15, 0.2) is 0 Å². The molecule has 1 fully saturated rings. The van der Waals surface area contributed by atoms with Crippen molar-refractivity contribution < 1.29 is 4.79 Å². The number of carbonyl (C=O) groups excluding carboxylic acids is 1. The number of carbonyl (C=O) groups is 1. The Morgan fingerprint density at radius 3 is 2.26 bits per heavy atom. The molecule has 0 atom stereocenters. The molecule has 0 saturated heterocycles. The van der Waals surface area contributed by atoms with Crippen molar-refractivity contribution in [1.82, 2.24) is 4.98 Å². The van der Waals surface area contributed by atoms with E-state index < -0.39 is 0 Å². The highest BCUT2D eigenvalue weighted by atomic mass is 16.1. The molecule has 4 nitrogen and oxygen atoms in total. The van der Waals surface area contributed by atoms with Gasteiger partial charge in [-0.25, -0.2) is 4.98 Å². The molecule has 27 heavy (non-hydrogen) atoms. The number of nitrogens with zero attached hydrogens (tertiary/aromatic N) is 2. The van der Waals surface area contributed by atoms with Crippen molar-refractivity contribution in [2.75, 3.05) is 10.2 Å². The fourth-order valence-electron chi connectivity index (χ4n) is 3.21. The maximum absolute atomic E-state index is 12.1. The van der Waals surface area contributed by atoms with Gasteiger partial charge in [-0.3, -0.25) is 4.79 Å². The van der Waals surface area contributed by atoms with Crippen LogP contribution in [-0.2, 0) is 11.3 Å². The topological polar surface area (TPSA) is 45.2 Å². The smallest absolute Gasteiger partial charge is 0.227 e. The number of amides is 1. The Balaban J connectivity index is 1.55. The predicted molar refractivity (Wildman–Crippen MR) is 109 cm³/mol. The molecule has 2 aromatic carbocycles. The van der Waals surface area contributed by atoms with Crippen molar-refractivity contribution in [3.63, 3.8) is 0 Å². The first-order valence-corrected chi connectivity index (χ1v) is 9.43. The summed E-state index contributed by atoms with van der Waals surface area (Å²) in [7, 11) is 0. The van der Waals surface area contributed by atoms with Crippen molar-refractivity contribution in [3.05, 3.63) is 84.6 Å². The molecular weight excluding hydrogens is 334 g/mol. The van der Waals surface area contributed by atoms with E-state index >= 15 is 0 Å². The Morgan fingerprint density at radius 2 is 1.67 bits per heavy atom. The standard InChI is InChI=1S/C23H23N3O/c27-23(19-10-7-11-19)25-20-14-15-22(24-16-20)26(21-12-5-2-6-13-21)17-18-8-3-1-4-9-18/h1-6,8-9,12-16,19H,7,10-11,17H2,(H,25,27). The first-order valence-electron chi connectivity index (χ1n) is 9.43. The van der Waals surface area contributed by atoms with E-state index in [4.69, 9.17) is 0 Å². The van der Waals surface area contributed by atoms with E-state index in [1.54, 1.807) is 6.20 Å². The second-order valence-electron chi connectivity index (χ2n) is 6.93. The van der Waals surface area contributed by atoms with Gasteiger partial charge in [0.05, 0.1) is 11.9 Å². The lowest BCUT2D eigenvalue weighted by Crippen LogP contribution is -2.28. The van der Waals surface area contributed by atoms with Crippen LogP contribution in [0.3, 0.4) is 0 Å². The van der Waals surface area contributed by atoms with Crippen LogP contribution in [0, 0.1) is 5.92 Å². The lowest BCUT2D eigenvalue weighted by molar-refractivity contribution is -0.122. The number of hydrogen-bond acceptors (Lipinski definition) is 3. The zero-order chi connectivity index (χ0) is 18.5. The Bertz CT molecular complexity index is 875. The van der Waals surface area contributed by atoms with Gasteiger partial charge in [-0.1, -0.05) is 55.0 Å². The zero-order valence-electron chi connectivity index (χ0n) is 15.2. The molecule has 0 radical (unpaired) electrons. The Labute approximate surface area is 159 Å². The van der Waals surface area contributed by atoms with E-state index in [0.717, 1.165) is 43.0 Å². The zero-order valence-corrected chi connectivity index (χ0v) is 15.2. The highest BCUT2D eigenvalue weighted by molar-refractivity contribution is 5.93. The van der Waals surface area contributed by atoms with Gasteiger partial charge in [0.2, 0.25) is 5.91 Å². The van der Waals surface area contributed by atoms with Gasteiger partial charge >= 0.3 is 0 Å². The van der Waals surface area contributed by atoms with Crippen molar-refractivity contribution in [3.8, 4) is 0 Å². The summed E-state index contributed by atoms with van der Waals surface area (Å²) < 4.78 is 0. The van der Waals surface area contributed by atoms with Gasteiger partial charge in [-0.05, 0) is 42.7 Å². The van der Waals surface area contributed by atoms with E-state index in [1.807, 2.05) is 48.5 Å². The molecule has 1 aliphatic carbocycles. The number of anilines is 3. The third-order valence-electron chi connectivity index (χ3n) is 5.02. The number of benzene rings is 2. The third kappa shape index (κ3) is 4.17. The van der Waals surface area contributed by atoms with E-state index in [1.165, 1.54) is 5.56 Å². The molecule has 1 heterocycles. The molecular formula is C23H23N3O. The minimum Gasteiger partial charge on any atom is -0.324 e. The molecule has 1 aromatic heterocycles. The monoisotopic (exact) mass is 357 g/mol. The molecule has 1 N–H and O–H groups in total. The van der Waals surface area contributed by atoms with Crippen LogP contribution in [0.15, 0.2) is 79.0 Å². The van der Waals surface area contributed by atoms with E-state index in [0.29, 0.717) is 0 Å². The summed E-state index contributed by atoms with van der Waals surface area (Å²) in [5.41, 5.74) is 3.05. The maximum Gasteiger partial charge on any atom is 0.227 e. The van der Waals surface area contributed by atoms with Gasteiger partial charge in [-0.15, -0.1) is 0 Å². The van der Waals surface area contributed by atoms with E-state index in [2.05, 4.69) is 39.5 Å². The summed E-state index contributed by atoms with van der Waals surface area (Å²) in [5.74, 6) is 1.13. The van der Waals surface area contributed by atoms with Gasteiger partial charge in [0, 0.05) is 18.2 Å². The molecule has 0 bridgehead atoms. The summed E-state index contributed by atoms with van der Waals surface area (Å²) in [6.45, 7) is 0.728. The summed E-state index contributed by atoms with van der Waals surface area (Å²) in [6.07, 6.45) is 4.89. The highest BCUT2D eigenvalue weighted by Gasteiger charge is 2.25. The first kappa shape index (κ1) is 17.3. The van der Waals surface area contributed by atoms with Crippen LogP contribution in [0.4, 0.5) is 17.2 Å². The second-order valence-corrected chi connectivity index (χ2v) is 6.93. The van der Waals surface area contributed by atoms with Crippen LogP contribution >= 0.6 is 0 Å². The highest BCUT2D eigenvalue weighted by Crippen LogP contribution is 2.29. The van der Waals surface area contributed by atoms with E-state index in [9.17, 15) is 4.79 Å². The molecule has 0 unspecified atom stereocenters. The molecule has 0 spiro atoms. The minimum atomic E-state index is 0.111. The SMILES string of the molecule is O=C(Nc1ccc(N(Cc2ccccc2)c2ccccc2)nc1)C1CCC1. The quantitative estimate of drug-likeness (QED) is 0.663. The van der Waals surface area contributed by atoms with Crippen LogP contribution in [0.2, 0.25) is 0 Å². The summed E-state index contributed by atoms with van der Waals surface area (Å²) in [6, 6.07) is 24.5. The van der Waals surface area contributed by atoms with Crippen molar-refractivity contribution >= 4 is 23.1 Å². The molecule has 1 aliphatic rings. The Hall–Kier alpha value is -3.14. The molecule has 3 aromatic rings. The lowest BCUT2D eigenvalue weighted by Gasteiger charge is -2.25. The molecule has 4 rings (SSSR count). The molecule has 4 heteroatoms. The molecule has 1 saturated carbocycles. The van der Waals surface area contributed by atoms with Crippen molar-refractivity contribution in [2.45, 2.75) is 25.8 Å². The Morgan fingerprint density at radius 1 is 0.963 bits per heavy atom. The number of rotatable bonds is 6. The van der Waals surface area contributed by atoms with Crippen LogP contribution in [0.25, 0.3) is 0 Å². The fraction of sp³-hybridized carbons (Fsp3) is 0.217. The minimum absolute atomic E-state index is 0.111. The largest absolute Gasteiger partial charge is 0.324 e. The van der Waals surface area contributed by atoms with E-state index in [-0.39, 0.29) is 11.8 Å². The van der Waals surface area contributed by atoms with Crippen LogP contribution in [0.1, 0.15) is 24.8 Å². The number of para-hydroxylation sites is 1. The van der Waals surface area contributed by atoms with Gasteiger partial charge in [0.25, 0.3) is 0 Å². The van der Waals surface area contributed by atoms with Crippen LogP contribution in [0.5, 0.6) is 0 Å². The predicted octanol–water partition coefficient (Wildman–Crippen LogP) is 5.16. The average molecular weight is 357 g/mol. The Kier molecular flexibility index (Phi) is 5.15. The maximum atomic E-state index is 12.1. The first-order chi connectivity index (χ1) is 13.3. The third-order valence-corrected chi connectivity index (χ3v) is 5.02. The van der Waals surface area contributed by atoms with Crippen LogP contribution < -0.4 is 10.2 Å². The number of aromatic nitrogens is 1. The number of pyridine rings is 1. The van der Waals surface area contributed by atoms with Crippen LogP contribution in [-0.4, -0.2) is 10.9 Å². The van der Waals surface area contributed by atoms with Crippen molar-refractivity contribution in [1.29, 1.82) is 0 Å². The molecule has 1 amide bonds. The number of nitrogens with one attached hydrogen (secondary N) is 1. The molecule has 136 valence electrons. The molecule has 0 aliphatic heterocycles. The van der Waals surface area contributed by atoms with Gasteiger partial charge < -0.3 is 10.2 Å². The normalized spacial score (nSPS) is 13.6. The van der Waals surface area contributed by atoms with Gasteiger partial charge in [0.1, 0.15) is 5.82 Å². The lowest BCUT2D eigenvalue weighted by atomic mass is 9.85. The average Bonchev–Trinajstić information content (AvgIpc) is 2.67. The second kappa shape index (κ2) is 8.04.